The van der Waals surface area contributed by atoms with Crippen molar-refractivity contribution in [3.63, 3.8) is 0 Å². The summed E-state index contributed by atoms with van der Waals surface area (Å²) < 4.78 is 12.7. The second-order valence-electron chi connectivity index (χ2n) is 8.25. The molecule has 1 aliphatic carbocycles. The van der Waals surface area contributed by atoms with Gasteiger partial charge in [-0.1, -0.05) is 25.5 Å². The van der Waals surface area contributed by atoms with Gasteiger partial charge in [-0.15, -0.1) is 10.2 Å². The Labute approximate surface area is 171 Å². The van der Waals surface area contributed by atoms with Crippen molar-refractivity contribution < 1.29 is 13.9 Å². The van der Waals surface area contributed by atoms with Crippen LogP contribution in [0.1, 0.15) is 33.1 Å². The lowest BCUT2D eigenvalue weighted by molar-refractivity contribution is -0.124. The van der Waals surface area contributed by atoms with Gasteiger partial charge < -0.3 is 19.0 Å². The molecule has 3 atom stereocenters. The molecule has 0 radical (unpaired) electrons. The summed E-state index contributed by atoms with van der Waals surface area (Å²) >= 11 is 0. The monoisotopic (exact) mass is 401 g/mol. The summed E-state index contributed by atoms with van der Waals surface area (Å²) in [7, 11) is 3.43. The van der Waals surface area contributed by atoms with Gasteiger partial charge in [0.05, 0.1) is 12.5 Å². The van der Waals surface area contributed by atoms with E-state index in [2.05, 4.69) is 47.3 Å². The number of amides is 1. The van der Waals surface area contributed by atoms with Crippen molar-refractivity contribution in [2.45, 2.75) is 33.6 Å². The van der Waals surface area contributed by atoms with E-state index in [0.29, 0.717) is 42.0 Å². The smallest absolute Gasteiger partial charge is 0.265 e. The quantitative estimate of drug-likeness (QED) is 0.683. The van der Waals surface area contributed by atoms with Gasteiger partial charge in [-0.2, -0.15) is 0 Å². The number of allylic oxidation sites excluding steroid dienone is 1. The lowest BCUT2D eigenvalue weighted by Crippen LogP contribution is -2.38. The number of imidazole rings is 1. The first-order valence-electron chi connectivity index (χ1n) is 10.1. The van der Waals surface area contributed by atoms with Gasteiger partial charge in [0.2, 0.25) is 11.8 Å². The zero-order chi connectivity index (χ0) is 21.0. The molecule has 0 saturated carbocycles. The standard InChI is InChI=1S/C21H31N5O3/c1-13(2)17-7-15(14(3)6-16(17)9-23-19(27)11-28-5)8-20-24-25-21(29-20)18-10-22-12-26(18)4/h6,10,12-13,15-17H,7-9,11H2,1-5H3,(H,23,27)/t15-,16-,17-/m0/s1. The largest absolute Gasteiger partial charge is 0.419 e. The third-order valence-electron chi connectivity index (χ3n) is 5.82. The van der Waals surface area contributed by atoms with Gasteiger partial charge in [0.15, 0.2) is 0 Å². The number of carbonyl (C=O) groups excluding carboxylic acids is 1. The molecular weight excluding hydrogens is 370 g/mol. The highest BCUT2D eigenvalue weighted by Gasteiger charge is 2.32. The first kappa shape index (κ1) is 21.2. The van der Waals surface area contributed by atoms with Gasteiger partial charge in [-0.05, 0) is 37.0 Å². The fourth-order valence-corrected chi connectivity index (χ4v) is 4.14. The Morgan fingerprint density at radius 3 is 2.86 bits per heavy atom. The summed E-state index contributed by atoms with van der Waals surface area (Å²) in [6.07, 6.45) is 7.50. The molecule has 0 spiro atoms. The number of nitrogens with zero attached hydrogens (tertiary/aromatic N) is 4. The van der Waals surface area contributed by atoms with Crippen molar-refractivity contribution in [3.05, 3.63) is 30.1 Å². The van der Waals surface area contributed by atoms with Crippen molar-refractivity contribution in [2.75, 3.05) is 20.3 Å². The van der Waals surface area contributed by atoms with Gasteiger partial charge in [-0.3, -0.25) is 4.79 Å². The minimum Gasteiger partial charge on any atom is -0.419 e. The van der Waals surface area contributed by atoms with Crippen LogP contribution in [0.2, 0.25) is 0 Å². The average Bonchev–Trinajstić information content (AvgIpc) is 3.30. The van der Waals surface area contributed by atoms with E-state index in [0.717, 1.165) is 18.5 Å². The van der Waals surface area contributed by atoms with Crippen molar-refractivity contribution >= 4 is 5.91 Å². The van der Waals surface area contributed by atoms with Crippen LogP contribution in [0.4, 0.5) is 0 Å². The van der Waals surface area contributed by atoms with Crippen molar-refractivity contribution in [2.24, 2.45) is 30.7 Å². The summed E-state index contributed by atoms with van der Waals surface area (Å²) in [6, 6.07) is 0. The van der Waals surface area contributed by atoms with Crippen LogP contribution >= 0.6 is 0 Å². The maximum atomic E-state index is 11.8. The van der Waals surface area contributed by atoms with E-state index in [9.17, 15) is 4.79 Å². The Morgan fingerprint density at radius 1 is 1.41 bits per heavy atom. The van der Waals surface area contributed by atoms with E-state index >= 15 is 0 Å². The number of aryl methyl sites for hydroxylation is 1. The third-order valence-corrected chi connectivity index (χ3v) is 5.82. The lowest BCUT2D eigenvalue weighted by atomic mass is 9.70. The van der Waals surface area contributed by atoms with Crippen LogP contribution in [0.5, 0.6) is 0 Å². The van der Waals surface area contributed by atoms with E-state index in [1.807, 2.05) is 11.6 Å². The van der Waals surface area contributed by atoms with Crippen LogP contribution in [-0.4, -0.2) is 45.9 Å². The number of nitrogens with one attached hydrogen (secondary N) is 1. The van der Waals surface area contributed by atoms with Crippen LogP contribution in [0.3, 0.4) is 0 Å². The number of hydrogen-bond donors (Lipinski definition) is 1. The van der Waals surface area contributed by atoms with E-state index in [1.165, 1.54) is 12.7 Å². The fraction of sp³-hybridized carbons (Fsp3) is 0.619. The molecule has 158 valence electrons. The summed E-state index contributed by atoms with van der Waals surface area (Å²) in [5, 5.41) is 11.4. The molecule has 0 aliphatic heterocycles. The van der Waals surface area contributed by atoms with E-state index in [1.54, 1.807) is 12.5 Å². The summed E-state index contributed by atoms with van der Waals surface area (Å²) in [4.78, 5) is 15.9. The normalized spacial score (nSPS) is 22.0. The topological polar surface area (TPSA) is 95.1 Å². The highest BCUT2D eigenvalue weighted by molar-refractivity contribution is 5.77. The minimum absolute atomic E-state index is 0.0725. The van der Waals surface area contributed by atoms with Gasteiger partial charge in [0.25, 0.3) is 5.89 Å². The van der Waals surface area contributed by atoms with E-state index in [4.69, 9.17) is 9.15 Å². The number of hydrogen-bond acceptors (Lipinski definition) is 6. The summed E-state index contributed by atoms with van der Waals surface area (Å²) in [6.45, 7) is 7.38. The Kier molecular flexibility index (Phi) is 6.84. The van der Waals surface area contributed by atoms with Gasteiger partial charge >= 0.3 is 0 Å². The first-order chi connectivity index (χ1) is 13.9. The van der Waals surface area contributed by atoms with Gasteiger partial charge in [-0.25, -0.2) is 4.98 Å². The lowest BCUT2D eigenvalue weighted by Gasteiger charge is -2.37. The maximum Gasteiger partial charge on any atom is 0.265 e. The van der Waals surface area contributed by atoms with Crippen molar-refractivity contribution in [1.29, 1.82) is 0 Å². The predicted molar refractivity (Wildman–Crippen MR) is 109 cm³/mol. The number of ether oxygens (including phenoxy) is 1. The molecular formula is C21H31N5O3. The molecule has 2 heterocycles. The Morgan fingerprint density at radius 2 is 2.21 bits per heavy atom. The molecule has 2 aromatic rings. The van der Waals surface area contributed by atoms with Crippen LogP contribution < -0.4 is 5.32 Å². The van der Waals surface area contributed by atoms with Crippen LogP contribution in [0.15, 0.2) is 28.6 Å². The number of methoxy groups -OCH3 is 1. The Bertz CT molecular complexity index is 854. The SMILES string of the molecule is COCC(=O)NC[C@@H]1C=C(C)[C@H](Cc2nnc(-c3cncn3C)o2)C[C@H]1C(C)C. The summed E-state index contributed by atoms with van der Waals surface area (Å²) in [5.74, 6) is 2.74. The Balaban J connectivity index is 1.69. The van der Waals surface area contributed by atoms with E-state index < -0.39 is 0 Å². The zero-order valence-electron chi connectivity index (χ0n) is 17.9. The van der Waals surface area contributed by atoms with Gasteiger partial charge in [0, 0.05) is 27.1 Å². The van der Waals surface area contributed by atoms with Crippen LogP contribution in [0.25, 0.3) is 11.6 Å². The highest BCUT2D eigenvalue weighted by Crippen LogP contribution is 2.38. The number of aromatic nitrogens is 4. The number of carbonyl (C=O) groups is 1. The molecule has 3 rings (SSSR count). The zero-order valence-corrected chi connectivity index (χ0v) is 17.9. The van der Waals surface area contributed by atoms with Crippen molar-refractivity contribution in [1.82, 2.24) is 25.1 Å². The maximum absolute atomic E-state index is 11.8. The first-order valence-corrected chi connectivity index (χ1v) is 10.1. The van der Waals surface area contributed by atoms with Crippen LogP contribution in [0, 0.1) is 23.7 Å². The molecule has 8 nitrogen and oxygen atoms in total. The van der Waals surface area contributed by atoms with Crippen molar-refractivity contribution in [3.8, 4) is 11.6 Å². The minimum atomic E-state index is -0.0725. The Hall–Kier alpha value is -2.48. The molecule has 1 amide bonds. The average molecular weight is 402 g/mol. The second-order valence-corrected chi connectivity index (χ2v) is 8.25. The molecule has 0 unspecified atom stereocenters. The fourth-order valence-electron chi connectivity index (χ4n) is 4.14. The third kappa shape index (κ3) is 5.12. The van der Waals surface area contributed by atoms with Crippen LogP contribution in [-0.2, 0) is 23.0 Å². The molecule has 1 aliphatic rings. The molecule has 1 N–H and O–H groups in total. The van der Waals surface area contributed by atoms with E-state index in [-0.39, 0.29) is 12.5 Å². The number of rotatable bonds is 8. The second kappa shape index (κ2) is 9.35. The molecule has 0 saturated heterocycles. The highest BCUT2D eigenvalue weighted by atomic mass is 16.5. The molecule has 29 heavy (non-hydrogen) atoms. The molecule has 0 fully saturated rings. The summed E-state index contributed by atoms with van der Waals surface area (Å²) in [5.41, 5.74) is 2.12. The predicted octanol–water partition coefficient (Wildman–Crippen LogP) is 2.63. The molecule has 8 heteroatoms. The van der Waals surface area contributed by atoms with Gasteiger partial charge in [0.1, 0.15) is 12.3 Å². The molecule has 2 aromatic heterocycles. The molecule has 0 aromatic carbocycles. The molecule has 0 bridgehead atoms.